The summed E-state index contributed by atoms with van der Waals surface area (Å²) in [5.41, 5.74) is 1.15. The van der Waals surface area contributed by atoms with E-state index in [4.69, 9.17) is 0 Å². The molecule has 1 aliphatic heterocycles. The van der Waals surface area contributed by atoms with Gasteiger partial charge in [0, 0.05) is 44.7 Å². The third-order valence-corrected chi connectivity index (χ3v) is 3.73. The van der Waals surface area contributed by atoms with Crippen molar-refractivity contribution in [3.8, 4) is 0 Å². The van der Waals surface area contributed by atoms with Crippen LogP contribution in [0.2, 0.25) is 0 Å². The van der Waals surface area contributed by atoms with Gasteiger partial charge in [0.25, 0.3) is 0 Å². The van der Waals surface area contributed by atoms with Gasteiger partial charge < -0.3 is 9.80 Å². The molecule has 0 aromatic heterocycles. The van der Waals surface area contributed by atoms with Crippen molar-refractivity contribution in [1.82, 2.24) is 9.80 Å². The largest absolute Gasteiger partial charge is 0.304 e. The summed E-state index contributed by atoms with van der Waals surface area (Å²) >= 11 is 0. The minimum absolute atomic E-state index is 0.0991. The van der Waals surface area contributed by atoms with E-state index in [1.165, 1.54) is 6.07 Å². The lowest BCUT2D eigenvalue weighted by Crippen LogP contribution is -2.45. The number of likely N-dealkylation sites (N-methyl/N-ethyl adjacent to an activating group) is 1. The molecule has 19 heavy (non-hydrogen) atoms. The van der Waals surface area contributed by atoms with E-state index in [1.54, 1.807) is 19.1 Å². The monoisotopic (exact) mass is 264 g/mol. The molecule has 0 spiro atoms. The maximum absolute atomic E-state index is 13.2. The molecule has 3 nitrogen and oxygen atoms in total. The fourth-order valence-corrected chi connectivity index (χ4v) is 2.29. The maximum Gasteiger partial charge on any atom is 0.164 e. The first-order chi connectivity index (χ1) is 9.06. The van der Waals surface area contributed by atoms with Crippen LogP contribution in [0, 0.1) is 12.7 Å². The second-order valence-electron chi connectivity index (χ2n) is 5.28. The van der Waals surface area contributed by atoms with Gasteiger partial charge in [-0.2, -0.15) is 0 Å². The number of ketones is 1. The molecule has 2 rings (SSSR count). The fourth-order valence-electron chi connectivity index (χ4n) is 2.29. The van der Waals surface area contributed by atoms with Crippen LogP contribution in [0.15, 0.2) is 18.2 Å². The normalized spacial score (nSPS) is 17.6. The molecule has 0 bridgehead atoms. The van der Waals surface area contributed by atoms with Crippen molar-refractivity contribution in [3.05, 3.63) is 35.1 Å². The second-order valence-corrected chi connectivity index (χ2v) is 5.28. The van der Waals surface area contributed by atoms with E-state index in [0.29, 0.717) is 17.5 Å². The van der Waals surface area contributed by atoms with E-state index < -0.39 is 0 Å². The maximum atomic E-state index is 13.2. The molecule has 1 aromatic carbocycles. The summed E-state index contributed by atoms with van der Waals surface area (Å²) in [7, 11) is 2.11. The zero-order chi connectivity index (χ0) is 13.8. The predicted octanol–water partition coefficient (Wildman–Crippen LogP) is 1.95. The van der Waals surface area contributed by atoms with E-state index in [9.17, 15) is 9.18 Å². The number of aryl methyl sites for hydroxylation is 1. The molecule has 0 N–H and O–H groups in total. The Labute approximate surface area is 114 Å². The molecule has 1 saturated heterocycles. The van der Waals surface area contributed by atoms with Gasteiger partial charge in [-0.1, -0.05) is 0 Å². The molecule has 0 amide bonds. The van der Waals surface area contributed by atoms with Crippen LogP contribution in [-0.4, -0.2) is 55.4 Å². The van der Waals surface area contributed by atoms with Crippen molar-refractivity contribution in [3.63, 3.8) is 0 Å². The quantitative estimate of drug-likeness (QED) is 0.777. The third-order valence-electron chi connectivity index (χ3n) is 3.73. The highest BCUT2D eigenvalue weighted by molar-refractivity contribution is 5.96. The van der Waals surface area contributed by atoms with Crippen molar-refractivity contribution in [1.29, 1.82) is 0 Å². The van der Waals surface area contributed by atoms with Crippen LogP contribution in [0.3, 0.4) is 0 Å². The van der Waals surface area contributed by atoms with Gasteiger partial charge in [0.15, 0.2) is 5.78 Å². The third kappa shape index (κ3) is 3.85. The van der Waals surface area contributed by atoms with Gasteiger partial charge in [0.1, 0.15) is 5.82 Å². The Hall–Kier alpha value is -1.26. The number of carbonyl (C=O) groups is 1. The first-order valence-corrected chi connectivity index (χ1v) is 6.76. The highest BCUT2D eigenvalue weighted by Gasteiger charge is 2.15. The Kier molecular flexibility index (Phi) is 4.66. The van der Waals surface area contributed by atoms with Crippen molar-refractivity contribution in [2.24, 2.45) is 0 Å². The van der Waals surface area contributed by atoms with Crippen molar-refractivity contribution >= 4 is 5.78 Å². The Morgan fingerprint density at radius 3 is 2.58 bits per heavy atom. The zero-order valence-corrected chi connectivity index (χ0v) is 11.7. The van der Waals surface area contributed by atoms with E-state index in [1.807, 2.05) is 0 Å². The Bertz CT molecular complexity index is 453. The minimum atomic E-state index is -0.254. The molecule has 0 unspecified atom stereocenters. The Morgan fingerprint density at radius 1 is 1.26 bits per heavy atom. The van der Waals surface area contributed by atoms with E-state index in [-0.39, 0.29) is 11.6 Å². The molecule has 104 valence electrons. The van der Waals surface area contributed by atoms with Gasteiger partial charge in [0.05, 0.1) is 0 Å². The minimum Gasteiger partial charge on any atom is -0.304 e. The molecular formula is C15H21FN2O. The molecule has 0 radical (unpaired) electrons. The molecule has 0 atom stereocenters. The summed E-state index contributed by atoms with van der Waals surface area (Å²) in [6.07, 6.45) is 0.509. The number of piperazine rings is 1. The zero-order valence-electron chi connectivity index (χ0n) is 11.7. The molecule has 0 saturated carbocycles. The lowest BCUT2D eigenvalue weighted by molar-refractivity contribution is 0.0941. The van der Waals surface area contributed by atoms with Crippen molar-refractivity contribution in [2.75, 3.05) is 39.8 Å². The number of carbonyl (C=O) groups excluding carboxylic acids is 1. The van der Waals surface area contributed by atoms with Crippen molar-refractivity contribution < 1.29 is 9.18 Å². The number of halogens is 1. The summed E-state index contributed by atoms with van der Waals surface area (Å²) in [6, 6.07) is 4.59. The molecule has 1 aliphatic rings. The van der Waals surface area contributed by atoms with Crippen LogP contribution in [-0.2, 0) is 0 Å². The smallest absolute Gasteiger partial charge is 0.164 e. The van der Waals surface area contributed by atoms with Crippen LogP contribution in [0.1, 0.15) is 22.3 Å². The molecule has 1 fully saturated rings. The number of rotatable bonds is 4. The molecule has 0 aliphatic carbocycles. The van der Waals surface area contributed by atoms with E-state index in [0.717, 1.165) is 32.7 Å². The van der Waals surface area contributed by atoms with Gasteiger partial charge in [-0.25, -0.2) is 4.39 Å². The fraction of sp³-hybridized carbons (Fsp3) is 0.533. The molecule has 1 heterocycles. The van der Waals surface area contributed by atoms with Crippen molar-refractivity contribution in [2.45, 2.75) is 13.3 Å². The first-order valence-electron chi connectivity index (χ1n) is 6.76. The lowest BCUT2D eigenvalue weighted by atomic mass is 10.1. The average molecular weight is 264 g/mol. The molecular weight excluding hydrogens is 243 g/mol. The van der Waals surface area contributed by atoms with Crippen LogP contribution >= 0.6 is 0 Å². The van der Waals surface area contributed by atoms with Gasteiger partial charge in [-0.15, -0.1) is 0 Å². The Balaban J connectivity index is 1.85. The van der Waals surface area contributed by atoms with Gasteiger partial charge in [-0.3, -0.25) is 4.79 Å². The number of hydrogen-bond acceptors (Lipinski definition) is 3. The second kappa shape index (κ2) is 6.26. The number of benzene rings is 1. The van der Waals surface area contributed by atoms with Crippen LogP contribution in [0.25, 0.3) is 0 Å². The van der Waals surface area contributed by atoms with Crippen LogP contribution in [0.4, 0.5) is 4.39 Å². The van der Waals surface area contributed by atoms with E-state index >= 15 is 0 Å². The lowest BCUT2D eigenvalue weighted by Gasteiger charge is -2.32. The highest BCUT2D eigenvalue weighted by atomic mass is 19.1. The molecule has 1 aromatic rings. The highest BCUT2D eigenvalue weighted by Crippen LogP contribution is 2.12. The summed E-state index contributed by atoms with van der Waals surface area (Å²) < 4.78 is 13.2. The van der Waals surface area contributed by atoms with Crippen LogP contribution in [0.5, 0.6) is 0 Å². The SMILES string of the molecule is Cc1cc(C(=O)CCN2CCN(C)CC2)ccc1F. The summed E-state index contributed by atoms with van der Waals surface area (Å²) in [6.45, 7) is 6.64. The predicted molar refractivity (Wildman–Crippen MR) is 74.0 cm³/mol. The van der Waals surface area contributed by atoms with Gasteiger partial charge in [0.2, 0.25) is 0 Å². The number of hydrogen-bond donors (Lipinski definition) is 0. The van der Waals surface area contributed by atoms with Crippen LogP contribution < -0.4 is 0 Å². The first kappa shape index (κ1) is 14.2. The summed E-state index contributed by atoms with van der Waals surface area (Å²) in [5, 5.41) is 0. The number of nitrogens with zero attached hydrogens (tertiary/aromatic N) is 2. The van der Waals surface area contributed by atoms with Gasteiger partial charge >= 0.3 is 0 Å². The number of Topliss-reactive ketones (excluding diaryl/α,β-unsaturated/α-hetero) is 1. The Morgan fingerprint density at radius 2 is 1.95 bits per heavy atom. The summed E-state index contributed by atoms with van der Waals surface area (Å²) in [4.78, 5) is 16.7. The topological polar surface area (TPSA) is 23.6 Å². The van der Waals surface area contributed by atoms with Gasteiger partial charge in [-0.05, 0) is 37.7 Å². The average Bonchev–Trinajstić information content (AvgIpc) is 2.41. The standard InChI is InChI=1S/C15H21FN2O/c1-12-11-13(3-4-14(12)16)15(19)5-6-18-9-7-17(2)8-10-18/h3-4,11H,5-10H2,1-2H3. The summed E-state index contributed by atoms with van der Waals surface area (Å²) in [5.74, 6) is -0.155. The molecule has 4 heteroatoms. The van der Waals surface area contributed by atoms with E-state index in [2.05, 4.69) is 16.8 Å².